The Kier molecular flexibility index (Phi) is 5.33. The molecule has 0 aliphatic carbocycles. The van der Waals surface area contributed by atoms with Gasteiger partial charge in [0.2, 0.25) is 11.0 Å². The van der Waals surface area contributed by atoms with E-state index in [9.17, 15) is 4.79 Å². The first kappa shape index (κ1) is 17.4. The van der Waals surface area contributed by atoms with Crippen LogP contribution < -0.4 is 10.1 Å². The highest BCUT2D eigenvalue weighted by molar-refractivity contribution is 7.15. The topological polar surface area (TPSA) is 77.3 Å². The lowest BCUT2D eigenvalue weighted by Gasteiger charge is -2.05. The maximum Gasteiger partial charge on any atom is 0.230 e. The summed E-state index contributed by atoms with van der Waals surface area (Å²) in [5.74, 6) is 0.988. The zero-order chi connectivity index (χ0) is 17.8. The number of rotatable bonds is 7. The van der Waals surface area contributed by atoms with E-state index in [2.05, 4.69) is 29.4 Å². The summed E-state index contributed by atoms with van der Waals surface area (Å²) in [4.78, 5) is 12.3. The Labute approximate surface area is 150 Å². The molecule has 1 aromatic carbocycles. The zero-order valence-corrected chi connectivity index (χ0v) is 15.4. The highest BCUT2D eigenvalue weighted by Crippen LogP contribution is 2.29. The van der Waals surface area contributed by atoms with Crippen molar-refractivity contribution in [2.75, 3.05) is 12.4 Å². The Morgan fingerprint density at radius 2 is 2.12 bits per heavy atom. The van der Waals surface area contributed by atoms with Gasteiger partial charge in [-0.15, -0.1) is 10.2 Å². The number of carbonyl (C=O) groups is 1. The molecule has 6 nitrogen and oxygen atoms in total. The van der Waals surface area contributed by atoms with Gasteiger partial charge in [-0.25, -0.2) is 0 Å². The van der Waals surface area contributed by atoms with E-state index in [0.717, 1.165) is 34.5 Å². The van der Waals surface area contributed by atoms with Crippen LogP contribution in [0.2, 0.25) is 0 Å². The summed E-state index contributed by atoms with van der Waals surface area (Å²) in [6, 6.07) is 5.56. The number of nitrogens with one attached hydrogen (secondary N) is 1. The van der Waals surface area contributed by atoms with Gasteiger partial charge in [0, 0.05) is 22.9 Å². The fraction of sp³-hybridized carbons (Fsp3) is 0.389. The molecule has 25 heavy (non-hydrogen) atoms. The number of ether oxygens (including phenoxy) is 1. The lowest BCUT2D eigenvalue weighted by Crippen LogP contribution is -2.13. The van der Waals surface area contributed by atoms with Crippen LogP contribution in [-0.2, 0) is 11.2 Å². The fourth-order valence-electron chi connectivity index (χ4n) is 2.75. The molecule has 0 aliphatic rings. The van der Waals surface area contributed by atoms with Crippen molar-refractivity contribution in [1.82, 2.24) is 10.2 Å². The minimum absolute atomic E-state index is 0.134. The van der Waals surface area contributed by atoms with Crippen molar-refractivity contribution in [3.63, 3.8) is 0 Å². The van der Waals surface area contributed by atoms with Crippen molar-refractivity contribution in [2.45, 2.75) is 39.0 Å². The molecule has 0 unspecified atom stereocenters. The Morgan fingerprint density at radius 3 is 2.84 bits per heavy atom. The molecule has 0 radical (unpaired) electrons. The molecule has 0 fully saturated rings. The van der Waals surface area contributed by atoms with Crippen LogP contribution in [0.4, 0.5) is 5.13 Å². The van der Waals surface area contributed by atoms with E-state index < -0.39 is 0 Å². The SMILES string of the molecule is CCC(CC)c1nnc(NC(=O)Cc2coc3cc(OC)ccc23)s1. The Hall–Kier alpha value is -2.41. The number of anilines is 1. The lowest BCUT2D eigenvalue weighted by molar-refractivity contribution is -0.115. The third-order valence-electron chi connectivity index (χ3n) is 4.24. The van der Waals surface area contributed by atoms with Crippen LogP contribution in [0.1, 0.15) is 43.2 Å². The van der Waals surface area contributed by atoms with Gasteiger partial charge >= 0.3 is 0 Å². The van der Waals surface area contributed by atoms with E-state index in [1.165, 1.54) is 11.3 Å². The number of methoxy groups -OCH3 is 1. The van der Waals surface area contributed by atoms with Crippen molar-refractivity contribution < 1.29 is 13.9 Å². The van der Waals surface area contributed by atoms with Crippen molar-refractivity contribution >= 4 is 33.3 Å². The van der Waals surface area contributed by atoms with E-state index in [1.54, 1.807) is 13.4 Å². The maximum atomic E-state index is 12.3. The highest BCUT2D eigenvalue weighted by Gasteiger charge is 2.16. The van der Waals surface area contributed by atoms with Crippen LogP contribution in [0, 0.1) is 0 Å². The van der Waals surface area contributed by atoms with Gasteiger partial charge in [-0.1, -0.05) is 25.2 Å². The van der Waals surface area contributed by atoms with Crippen molar-refractivity contribution in [3.05, 3.63) is 35.0 Å². The fourth-order valence-corrected chi connectivity index (χ4v) is 3.78. The van der Waals surface area contributed by atoms with E-state index in [0.29, 0.717) is 16.6 Å². The van der Waals surface area contributed by atoms with Gasteiger partial charge in [-0.05, 0) is 25.0 Å². The number of nitrogens with zero attached hydrogens (tertiary/aromatic N) is 2. The second kappa shape index (κ2) is 7.65. The molecule has 132 valence electrons. The number of carbonyl (C=O) groups excluding carboxylic acids is 1. The molecule has 0 atom stereocenters. The third kappa shape index (κ3) is 3.82. The van der Waals surface area contributed by atoms with Crippen LogP contribution in [0.25, 0.3) is 11.0 Å². The van der Waals surface area contributed by atoms with Gasteiger partial charge in [-0.3, -0.25) is 4.79 Å². The van der Waals surface area contributed by atoms with Gasteiger partial charge in [0.1, 0.15) is 16.3 Å². The van der Waals surface area contributed by atoms with Crippen molar-refractivity contribution in [2.24, 2.45) is 0 Å². The lowest BCUT2D eigenvalue weighted by atomic mass is 10.1. The Morgan fingerprint density at radius 1 is 1.32 bits per heavy atom. The van der Waals surface area contributed by atoms with Gasteiger partial charge in [0.15, 0.2) is 0 Å². The zero-order valence-electron chi connectivity index (χ0n) is 14.5. The molecular formula is C18H21N3O3S. The normalized spacial score (nSPS) is 11.2. The van der Waals surface area contributed by atoms with Crippen molar-refractivity contribution in [1.29, 1.82) is 0 Å². The number of hydrogen-bond donors (Lipinski definition) is 1. The minimum atomic E-state index is -0.134. The standard InChI is InChI=1S/C18H21N3O3S/c1-4-11(5-2)17-20-21-18(25-17)19-16(22)8-12-10-24-15-9-13(23-3)6-7-14(12)15/h6-7,9-11H,4-5,8H2,1-3H3,(H,19,21,22). The maximum absolute atomic E-state index is 12.3. The summed E-state index contributed by atoms with van der Waals surface area (Å²) >= 11 is 1.45. The number of benzene rings is 1. The van der Waals surface area contributed by atoms with Gasteiger partial charge in [0.05, 0.1) is 19.8 Å². The summed E-state index contributed by atoms with van der Waals surface area (Å²) in [6.07, 6.45) is 3.87. The number of furan rings is 1. The minimum Gasteiger partial charge on any atom is -0.497 e. The number of hydrogen-bond acceptors (Lipinski definition) is 6. The third-order valence-corrected chi connectivity index (χ3v) is 5.24. The van der Waals surface area contributed by atoms with E-state index in [1.807, 2.05) is 18.2 Å². The average molecular weight is 359 g/mol. The molecule has 0 saturated carbocycles. The van der Waals surface area contributed by atoms with E-state index >= 15 is 0 Å². The summed E-state index contributed by atoms with van der Waals surface area (Å²) in [7, 11) is 1.61. The van der Waals surface area contributed by atoms with Gasteiger partial charge in [0.25, 0.3) is 0 Å². The molecular weight excluding hydrogens is 338 g/mol. The van der Waals surface area contributed by atoms with Crippen LogP contribution in [-0.4, -0.2) is 23.2 Å². The number of fused-ring (bicyclic) bond motifs is 1. The second-order valence-corrected chi connectivity index (χ2v) is 6.82. The Bertz CT molecular complexity index is 867. The molecule has 0 aliphatic heterocycles. The summed E-state index contributed by atoms with van der Waals surface area (Å²) in [6.45, 7) is 4.26. The van der Waals surface area contributed by atoms with Gasteiger partial charge in [-0.2, -0.15) is 0 Å². The largest absolute Gasteiger partial charge is 0.497 e. The quantitative estimate of drug-likeness (QED) is 0.677. The number of amides is 1. The summed E-state index contributed by atoms with van der Waals surface area (Å²) in [5.41, 5.74) is 1.54. The second-order valence-electron chi connectivity index (χ2n) is 5.81. The average Bonchev–Trinajstić information content (AvgIpc) is 3.23. The van der Waals surface area contributed by atoms with E-state index in [4.69, 9.17) is 9.15 Å². The molecule has 2 heterocycles. The first-order valence-corrected chi connectivity index (χ1v) is 9.13. The molecule has 1 N–H and O–H groups in total. The smallest absolute Gasteiger partial charge is 0.230 e. The molecule has 0 bridgehead atoms. The summed E-state index contributed by atoms with van der Waals surface area (Å²) in [5, 5.41) is 13.5. The molecule has 2 aromatic heterocycles. The monoisotopic (exact) mass is 359 g/mol. The molecule has 0 spiro atoms. The molecule has 7 heteroatoms. The number of aromatic nitrogens is 2. The molecule has 1 amide bonds. The first-order chi connectivity index (χ1) is 12.1. The predicted octanol–water partition coefficient (Wildman–Crippen LogP) is 4.38. The van der Waals surface area contributed by atoms with Crippen LogP contribution >= 0.6 is 11.3 Å². The molecule has 3 aromatic rings. The molecule has 0 saturated heterocycles. The highest BCUT2D eigenvalue weighted by atomic mass is 32.1. The molecule has 3 rings (SSSR count). The summed E-state index contributed by atoms with van der Waals surface area (Å²) < 4.78 is 10.7. The Balaban J connectivity index is 1.69. The van der Waals surface area contributed by atoms with Crippen LogP contribution in [0.3, 0.4) is 0 Å². The predicted molar refractivity (Wildman–Crippen MR) is 98.3 cm³/mol. The van der Waals surface area contributed by atoms with Crippen molar-refractivity contribution in [3.8, 4) is 5.75 Å². The van der Waals surface area contributed by atoms with Gasteiger partial charge < -0.3 is 14.5 Å². The van der Waals surface area contributed by atoms with Crippen LogP contribution in [0.5, 0.6) is 5.75 Å². The van der Waals surface area contributed by atoms with E-state index in [-0.39, 0.29) is 12.3 Å². The van der Waals surface area contributed by atoms with Crippen LogP contribution in [0.15, 0.2) is 28.9 Å². The first-order valence-electron chi connectivity index (χ1n) is 8.31.